The maximum atomic E-state index is 11.7. The van der Waals surface area contributed by atoms with Crippen LogP contribution in [-0.4, -0.2) is 39.7 Å². The number of imidazole rings is 1. The number of aromatic nitrogens is 3. The zero-order chi connectivity index (χ0) is 16.2. The van der Waals surface area contributed by atoms with Crippen LogP contribution >= 0.6 is 0 Å². The van der Waals surface area contributed by atoms with Gasteiger partial charge in [-0.25, -0.2) is 14.8 Å². The van der Waals surface area contributed by atoms with Gasteiger partial charge in [-0.3, -0.25) is 0 Å². The summed E-state index contributed by atoms with van der Waals surface area (Å²) in [6.07, 6.45) is 7.74. The lowest BCUT2D eigenvalue weighted by Gasteiger charge is -2.26. The molecule has 1 aliphatic heterocycles. The van der Waals surface area contributed by atoms with E-state index in [1.165, 1.54) is 0 Å². The zero-order valence-corrected chi connectivity index (χ0v) is 13.6. The van der Waals surface area contributed by atoms with E-state index >= 15 is 0 Å². The third kappa shape index (κ3) is 3.36. The molecule has 0 N–H and O–H groups in total. The SMILES string of the molecule is CCOC(=O)c1ccc(N2CCCC2Cn2ccnc2C)nc1. The normalized spacial score (nSPS) is 17.5. The second-order valence-electron chi connectivity index (χ2n) is 5.74. The van der Waals surface area contributed by atoms with Crippen molar-refractivity contribution in [3.05, 3.63) is 42.1 Å². The largest absolute Gasteiger partial charge is 0.462 e. The number of aryl methyl sites for hydroxylation is 1. The highest BCUT2D eigenvalue weighted by molar-refractivity contribution is 5.89. The molecule has 2 aromatic rings. The molecule has 1 saturated heterocycles. The van der Waals surface area contributed by atoms with Crippen LogP contribution in [0.2, 0.25) is 0 Å². The topological polar surface area (TPSA) is 60.2 Å². The molecule has 6 nitrogen and oxygen atoms in total. The van der Waals surface area contributed by atoms with Gasteiger partial charge in [-0.2, -0.15) is 0 Å². The van der Waals surface area contributed by atoms with Crippen LogP contribution in [0.1, 0.15) is 35.9 Å². The number of hydrogen-bond acceptors (Lipinski definition) is 5. The highest BCUT2D eigenvalue weighted by Gasteiger charge is 2.26. The average Bonchev–Trinajstić information content (AvgIpc) is 3.18. The van der Waals surface area contributed by atoms with Crippen LogP contribution in [0.5, 0.6) is 0 Å². The van der Waals surface area contributed by atoms with Crippen molar-refractivity contribution in [1.29, 1.82) is 0 Å². The van der Waals surface area contributed by atoms with Gasteiger partial charge < -0.3 is 14.2 Å². The molecular weight excluding hydrogens is 292 g/mol. The van der Waals surface area contributed by atoms with Crippen LogP contribution < -0.4 is 4.90 Å². The predicted octanol–water partition coefficient (Wildman–Crippen LogP) is 2.43. The van der Waals surface area contributed by atoms with Crippen molar-refractivity contribution in [3.63, 3.8) is 0 Å². The summed E-state index contributed by atoms with van der Waals surface area (Å²) in [5, 5.41) is 0. The Balaban J connectivity index is 1.72. The van der Waals surface area contributed by atoms with Crippen LogP contribution in [-0.2, 0) is 11.3 Å². The molecule has 1 unspecified atom stereocenters. The highest BCUT2D eigenvalue weighted by atomic mass is 16.5. The summed E-state index contributed by atoms with van der Waals surface area (Å²) in [6.45, 7) is 6.09. The monoisotopic (exact) mass is 314 g/mol. The van der Waals surface area contributed by atoms with Gasteiger partial charge in [-0.05, 0) is 38.8 Å². The predicted molar refractivity (Wildman–Crippen MR) is 87.5 cm³/mol. The summed E-state index contributed by atoms with van der Waals surface area (Å²) < 4.78 is 7.17. The fourth-order valence-corrected chi connectivity index (χ4v) is 3.04. The highest BCUT2D eigenvalue weighted by Crippen LogP contribution is 2.25. The molecule has 0 bridgehead atoms. The van der Waals surface area contributed by atoms with Crippen molar-refractivity contribution in [1.82, 2.24) is 14.5 Å². The summed E-state index contributed by atoms with van der Waals surface area (Å²) in [5.41, 5.74) is 0.497. The van der Waals surface area contributed by atoms with Crippen LogP contribution in [0.4, 0.5) is 5.82 Å². The van der Waals surface area contributed by atoms with E-state index < -0.39 is 0 Å². The summed E-state index contributed by atoms with van der Waals surface area (Å²) in [6, 6.07) is 4.10. The molecule has 0 aliphatic carbocycles. The van der Waals surface area contributed by atoms with Gasteiger partial charge in [0, 0.05) is 37.7 Å². The van der Waals surface area contributed by atoms with Crippen LogP contribution in [0.15, 0.2) is 30.7 Å². The van der Waals surface area contributed by atoms with Crippen LogP contribution in [0.3, 0.4) is 0 Å². The summed E-state index contributed by atoms with van der Waals surface area (Å²) in [7, 11) is 0. The number of carbonyl (C=O) groups excluding carboxylic acids is 1. The molecule has 1 aliphatic rings. The first-order valence-corrected chi connectivity index (χ1v) is 8.06. The number of ether oxygens (including phenoxy) is 1. The van der Waals surface area contributed by atoms with E-state index in [2.05, 4.69) is 19.4 Å². The number of rotatable bonds is 5. The number of anilines is 1. The van der Waals surface area contributed by atoms with Gasteiger partial charge in [-0.15, -0.1) is 0 Å². The van der Waals surface area contributed by atoms with Crippen molar-refractivity contribution in [2.24, 2.45) is 0 Å². The standard InChI is InChI=1S/C17H22N4O2/c1-3-23-17(22)14-6-7-16(19-11-14)21-9-4-5-15(21)12-20-10-8-18-13(20)2/h6-8,10-11,15H,3-5,9,12H2,1-2H3. The van der Waals surface area contributed by atoms with Gasteiger partial charge in [0.2, 0.25) is 0 Å². The second kappa shape index (κ2) is 6.81. The third-order valence-electron chi connectivity index (χ3n) is 4.26. The lowest BCUT2D eigenvalue weighted by molar-refractivity contribution is 0.0526. The Kier molecular flexibility index (Phi) is 4.60. The van der Waals surface area contributed by atoms with E-state index in [1.807, 2.05) is 25.4 Å². The van der Waals surface area contributed by atoms with Gasteiger partial charge in [0.1, 0.15) is 11.6 Å². The summed E-state index contributed by atoms with van der Waals surface area (Å²) in [5.74, 6) is 1.62. The van der Waals surface area contributed by atoms with Gasteiger partial charge >= 0.3 is 5.97 Å². The minimum Gasteiger partial charge on any atom is -0.462 e. The molecule has 3 heterocycles. The van der Waals surface area contributed by atoms with Crippen molar-refractivity contribution in [3.8, 4) is 0 Å². The molecular formula is C17H22N4O2. The number of hydrogen-bond donors (Lipinski definition) is 0. The molecule has 1 fully saturated rings. The maximum absolute atomic E-state index is 11.7. The summed E-state index contributed by atoms with van der Waals surface area (Å²) in [4.78, 5) is 22.8. The molecule has 3 rings (SSSR count). The molecule has 2 aromatic heterocycles. The van der Waals surface area contributed by atoms with Gasteiger partial charge in [0.05, 0.1) is 12.2 Å². The average molecular weight is 314 g/mol. The molecule has 23 heavy (non-hydrogen) atoms. The number of nitrogens with zero attached hydrogens (tertiary/aromatic N) is 4. The molecule has 0 spiro atoms. The Bertz CT molecular complexity index is 665. The maximum Gasteiger partial charge on any atom is 0.339 e. The number of pyridine rings is 1. The first-order chi connectivity index (χ1) is 11.2. The molecule has 122 valence electrons. The molecule has 1 atom stereocenters. The minimum atomic E-state index is -0.321. The van der Waals surface area contributed by atoms with Gasteiger partial charge in [0.15, 0.2) is 0 Å². The van der Waals surface area contributed by atoms with E-state index in [0.29, 0.717) is 18.2 Å². The van der Waals surface area contributed by atoms with Crippen molar-refractivity contribution < 1.29 is 9.53 Å². The van der Waals surface area contributed by atoms with Crippen LogP contribution in [0.25, 0.3) is 0 Å². The lowest BCUT2D eigenvalue weighted by Crippen LogP contribution is -2.33. The first kappa shape index (κ1) is 15.5. The van der Waals surface area contributed by atoms with E-state index in [0.717, 1.165) is 37.6 Å². The Morgan fingerprint density at radius 2 is 2.26 bits per heavy atom. The van der Waals surface area contributed by atoms with Crippen molar-refractivity contribution in [2.75, 3.05) is 18.1 Å². The number of esters is 1. The second-order valence-corrected chi connectivity index (χ2v) is 5.74. The van der Waals surface area contributed by atoms with E-state index in [-0.39, 0.29) is 5.97 Å². The van der Waals surface area contributed by atoms with Gasteiger partial charge in [-0.1, -0.05) is 0 Å². The Hall–Kier alpha value is -2.37. The number of carbonyl (C=O) groups is 1. The van der Waals surface area contributed by atoms with E-state index in [9.17, 15) is 4.79 Å². The molecule has 0 aromatic carbocycles. The smallest absolute Gasteiger partial charge is 0.339 e. The van der Waals surface area contributed by atoms with Crippen molar-refractivity contribution >= 4 is 11.8 Å². The zero-order valence-electron chi connectivity index (χ0n) is 13.6. The third-order valence-corrected chi connectivity index (χ3v) is 4.26. The molecule has 0 amide bonds. The molecule has 6 heteroatoms. The van der Waals surface area contributed by atoms with Crippen molar-refractivity contribution in [2.45, 2.75) is 39.3 Å². The van der Waals surface area contributed by atoms with Crippen LogP contribution in [0, 0.1) is 6.92 Å². The lowest BCUT2D eigenvalue weighted by atomic mass is 10.2. The molecule has 0 radical (unpaired) electrons. The molecule has 0 saturated carbocycles. The Labute approximate surface area is 136 Å². The Morgan fingerprint density at radius 3 is 2.91 bits per heavy atom. The minimum absolute atomic E-state index is 0.321. The fourth-order valence-electron chi connectivity index (χ4n) is 3.04. The van der Waals surface area contributed by atoms with E-state index in [1.54, 1.807) is 19.2 Å². The van der Waals surface area contributed by atoms with E-state index in [4.69, 9.17) is 4.74 Å². The first-order valence-electron chi connectivity index (χ1n) is 8.06. The summed E-state index contributed by atoms with van der Waals surface area (Å²) >= 11 is 0. The van der Waals surface area contributed by atoms with Gasteiger partial charge in [0.25, 0.3) is 0 Å². The fraction of sp³-hybridized carbons (Fsp3) is 0.471. The quantitative estimate of drug-likeness (QED) is 0.793. The Morgan fingerprint density at radius 1 is 1.39 bits per heavy atom.